The molecular weight excluding hydrogens is 414 g/mol. The minimum Gasteiger partial charge on any atom is -0.354 e. The monoisotopic (exact) mass is 437 g/mol. The Morgan fingerprint density at radius 1 is 1.06 bits per heavy atom. The van der Waals surface area contributed by atoms with Gasteiger partial charge in [0.1, 0.15) is 0 Å². The van der Waals surface area contributed by atoms with Gasteiger partial charge in [0.15, 0.2) is 0 Å². The van der Waals surface area contributed by atoms with E-state index in [-0.39, 0.29) is 47.9 Å². The molecule has 2 amide bonds. The van der Waals surface area contributed by atoms with E-state index in [1.165, 1.54) is 18.2 Å². The van der Waals surface area contributed by atoms with Gasteiger partial charge in [-0.15, -0.1) is 0 Å². The zero-order valence-corrected chi connectivity index (χ0v) is 17.9. The average molecular weight is 438 g/mol. The second-order valence-corrected chi connectivity index (χ2v) is 9.42. The first kappa shape index (κ1) is 21.0. The number of hydrogen-bond donors (Lipinski definition) is 2. The van der Waals surface area contributed by atoms with Crippen molar-refractivity contribution >= 4 is 32.6 Å². The van der Waals surface area contributed by atoms with Gasteiger partial charge < -0.3 is 10.6 Å². The number of amides is 2. The highest BCUT2D eigenvalue weighted by Crippen LogP contribution is 2.25. The summed E-state index contributed by atoms with van der Waals surface area (Å²) in [7, 11) is -3.87. The first-order valence-electron chi connectivity index (χ1n) is 10.0. The molecule has 7 nitrogen and oxygen atoms in total. The van der Waals surface area contributed by atoms with Crippen LogP contribution in [-0.2, 0) is 14.8 Å². The molecule has 0 spiro atoms. The van der Waals surface area contributed by atoms with Crippen LogP contribution >= 0.6 is 0 Å². The minimum absolute atomic E-state index is 0.00679. The Hall–Kier alpha value is -3.23. The van der Waals surface area contributed by atoms with Crippen LogP contribution in [0.15, 0.2) is 71.6 Å². The van der Waals surface area contributed by atoms with Crippen molar-refractivity contribution in [1.29, 1.82) is 0 Å². The zero-order valence-electron chi connectivity index (χ0n) is 17.0. The molecule has 31 heavy (non-hydrogen) atoms. The van der Waals surface area contributed by atoms with Crippen molar-refractivity contribution in [3.63, 3.8) is 0 Å². The summed E-state index contributed by atoms with van der Waals surface area (Å²) in [5, 5.41) is 7.70. The molecule has 0 saturated carbocycles. The van der Waals surface area contributed by atoms with E-state index in [0.29, 0.717) is 0 Å². The molecule has 8 heteroatoms. The highest BCUT2D eigenvalue weighted by molar-refractivity contribution is 7.89. The van der Waals surface area contributed by atoms with E-state index in [1.807, 2.05) is 49.4 Å². The fraction of sp³-hybridized carbons (Fsp3) is 0.217. The van der Waals surface area contributed by atoms with E-state index < -0.39 is 10.0 Å². The second-order valence-electron chi connectivity index (χ2n) is 7.48. The van der Waals surface area contributed by atoms with E-state index in [1.54, 1.807) is 6.07 Å². The maximum absolute atomic E-state index is 12.9. The van der Waals surface area contributed by atoms with E-state index in [2.05, 4.69) is 10.6 Å². The molecule has 2 N–H and O–H groups in total. The maximum atomic E-state index is 12.9. The van der Waals surface area contributed by atoms with Crippen LogP contribution in [0.3, 0.4) is 0 Å². The molecule has 160 valence electrons. The molecule has 4 rings (SSSR count). The van der Waals surface area contributed by atoms with E-state index in [9.17, 15) is 18.0 Å². The number of hydrogen-bond acceptors (Lipinski definition) is 4. The Kier molecular flexibility index (Phi) is 5.75. The number of nitrogens with one attached hydrogen (secondary N) is 2. The zero-order chi connectivity index (χ0) is 22.0. The van der Waals surface area contributed by atoms with Crippen LogP contribution in [0, 0.1) is 0 Å². The third kappa shape index (κ3) is 4.30. The SMILES string of the molecule is C[C@@H](NC(=O)c1cccc(S(=O)(=O)N2CCNC(=O)C2)c1)c1cccc2ccccc12. The van der Waals surface area contributed by atoms with E-state index >= 15 is 0 Å². The van der Waals surface area contributed by atoms with Crippen LogP contribution in [0.4, 0.5) is 0 Å². The molecule has 0 bridgehead atoms. The molecule has 1 aliphatic rings. The Labute approximate surface area is 181 Å². The van der Waals surface area contributed by atoms with Crippen molar-refractivity contribution < 1.29 is 18.0 Å². The highest BCUT2D eigenvalue weighted by atomic mass is 32.2. The van der Waals surface area contributed by atoms with Crippen LogP contribution < -0.4 is 10.6 Å². The number of sulfonamides is 1. The number of fused-ring (bicyclic) bond motifs is 1. The Morgan fingerprint density at radius 2 is 1.81 bits per heavy atom. The largest absolute Gasteiger partial charge is 0.354 e. The smallest absolute Gasteiger partial charge is 0.251 e. The number of rotatable bonds is 5. The standard InChI is InChI=1S/C23H23N3O4S/c1-16(20-11-5-7-17-6-2-3-10-21(17)20)25-23(28)18-8-4-9-19(14-18)31(29,30)26-13-12-24-22(27)15-26/h2-11,14,16H,12-13,15H2,1H3,(H,24,27)(H,25,28)/t16-/m1/s1. The van der Waals surface area contributed by atoms with Gasteiger partial charge in [-0.2, -0.15) is 4.31 Å². The van der Waals surface area contributed by atoms with Gasteiger partial charge in [-0.1, -0.05) is 48.5 Å². The highest BCUT2D eigenvalue weighted by Gasteiger charge is 2.29. The molecule has 1 heterocycles. The topological polar surface area (TPSA) is 95.6 Å². The number of carbonyl (C=O) groups is 2. The summed E-state index contributed by atoms with van der Waals surface area (Å²) in [4.78, 5) is 24.5. The maximum Gasteiger partial charge on any atom is 0.251 e. The van der Waals surface area contributed by atoms with Crippen LogP contribution in [0.2, 0.25) is 0 Å². The second kappa shape index (κ2) is 8.49. The molecule has 1 fully saturated rings. The van der Waals surface area contributed by atoms with Crippen molar-refractivity contribution in [2.24, 2.45) is 0 Å². The summed E-state index contributed by atoms with van der Waals surface area (Å²) in [6.07, 6.45) is 0. The minimum atomic E-state index is -3.87. The van der Waals surface area contributed by atoms with Crippen LogP contribution in [-0.4, -0.2) is 44.2 Å². The normalized spacial score (nSPS) is 16.0. The number of benzene rings is 3. The lowest BCUT2D eigenvalue weighted by atomic mass is 9.99. The lowest BCUT2D eigenvalue weighted by Crippen LogP contribution is -2.49. The van der Waals surface area contributed by atoms with Gasteiger partial charge in [0.2, 0.25) is 15.9 Å². The molecule has 1 aliphatic heterocycles. The van der Waals surface area contributed by atoms with Gasteiger partial charge in [-0.25, -0.2) is 8.42 Å². The predicted octanol–water partition coefficient (Wildman–Crippen LogP) is 2.45. The van der Waals surface area contributed by atoms with Gasteiger partial charge >= 0.3 is 0 Å². The Balaban J connectivity index is 1.56. The van der Waals surface area contributed by atoms with Crippen molar-refractivity contribution in [1.82, 2.24) is 14.9 Å². The van der Waals surface area contributed by atoms with E-state index in [0.717, 1.165) is 20.6 Å². The summed E-state index contributed by atoms with van der Waals surface area (Å²) in [6.45, 7) is 2.13. The Morgan fingerprint density at radius 3 is 2.61 bits per heavy atom. The molecule has 0 radical (unpaired) electrons. The summed E-state index contributed by atoms with van der Waals surface area (Å²) >= 11 is 0. The van der Waals surface area contributed by atoms with Gasteiger partial charge in [0.25, 0.3) is 5.91 Å². The number of nitrogens with zero attached hydrogens (tertiary/aromatic N) is 1. The van der Waals surface area contributed by atoms with Crippen LogP contribution in [0.1, 0.15) is 28.9 Å². The average Bonchev–Trinajstić information content (AvgIpc) is 2.78. The summed E-state index contributed by atoms with van der Waals surface area (Å²) < 4.78 is 27.0. The van der Waals surface area contributed by atoms with Gasteiger partial charge in [0.05, 0.1) is 17.5 Å². The summed E-state index contributed by atoms with van der Waals surface area (Å²) in [6, 6.07) is 19.5. The van der Waals surface area contributed by atoms with Gasteiger partial charge in [-0.3, -0.25) is 9.59 Å². The van der Waals surface area contributed by atoms with Crippen LogP contribution in [0.25, 0.3) is 10.8 Å². The number of piperazine rings is 1. The van der Waals surface area contributed by atoms with Crippen molar-refractivity contribution in [3.8, 4) is 0 Å². The first-order chi connectivity index (χ1) is 14.9. The van der Waals surface area contributed by atoms with Crippen molar-refractivity contribution in [2.45, 2.75) is 17.9 Å². The van der Waals surface area contributed by atoms with Crippen molar-refractivity contribution in [2.75, 3.05) is 19.6 Å². The predicted molar refractivity (Wildman–Crippen MR) is 118 cm³/mol. The molecule has 1 saturated heterocycles. The third-order valence-electron chi connectivity index (χ3n) is 5.37. The molecule has 0 aromatic heterocycles. The molecule has 0 aliphatic carbocycles. The quantitative estimate of drug-likeness (QED) is 0.641. The third-order valence-corrected chi connectivity index (χ3v) is 7.22. The van der Waals surface area contributed by atoms with Crippen LogP contribution in [0.5, 0.6) is 0 Å². The molecular formula is C23H23N3O4S. The molecule has 1 atom stereocenters. The number of carbonyl (C=O) groups excluding carboxylic acids is 2. The lowest BCUT2D eigenvalue weighted by Gasteiger charge is -2.26. The lowest BCUT2D eigenvalue weighted by molar-refractivity contribution is -0.122. The first-order valence-corrected chi connectivity index (χ1v) is 11.5. The summed E-state index contributed by atoms with van der Waals surface area (Å²) in [5.41, 5.74) is 1.23. The summed E-state index contributed by atoms with van der Waals surface area (Å²) in [5.74, 6) is -0.707. The Bertz CT molecular complexity index is 1250. The van der Waals surface area contributed by atoms with E-state index in [4.69, 9.17) is 0 Å². The fourth-order valence-corrected chi connectivity index (χ4v) is 5.20. The van der Waals surface area contributed by atoms with Crippen molar-refractivity contribution in [3.05, 3.63) is 77.9 Å². The molecule has 3 aromatic carbocycles. The van der Waals surface area contributed by atoms with Gasteiger partial charge in [-0.05, 0) is 41.5 Å². The van der Waals surface area contributed by atoms with Gasteiger partial charge in [0, 0.05) is 18.7 Å². The molecule has 3 aromatic rings. The fourth-order valence-electron chi connectivity index (χ4n) is 3.75. The molecule has 0 unspecified atom stereocenters.